The number of benzene rings is 1. The minimum absolute atomic E-state index is 0.0161. The maximum atomic E-state index is 13.0. The number of anilines is 1. The summed E-state index contributed by atoms with van der Waals surface area (Å²) < 4.78 is 40.8. The molecule has 0 atom stereocenters. The van der Waals surface area contributed by atoms with Gasteiger partial charge in [-0.1, -0.05) is 18.3 Å². The molecule has 0 fully saturated rings. The number of alkyl halides is 3. The average molecular weight is 400 g/mol. The van der Waals surface area contributed by atoms with Crippen LogP contribution >= 0.6 is 12.2 Å². The lowest BCUT2D eigenvalue weighted by Crippen LogP contribution is -2.43. The van der Waals surface area contributed by atoms with E-state index in [1.54, 1.807) is 0 Å². The highest BCUT2D eigenvalue weighted by atomic mass is 32.1. The normalized spacial score (nSPS) is 11.3. The largest absolute Gasteiger partial charge is 0.416 e. The van der Waals surface area contributed by atoms with E-state index in [0.29, 0.717) is 0 Å². The number of carbonyl (C=O) groups is 1. The summed E-state index contributed by atoms with van der Waals surface area (Å²) in [4.78, 5) is 35.9. The standard InChI is InChI=1S/C16H15F3N4O3S/c1-3-22-14(25)11(21-13(27)12(20)24)8(2)23(15(22)26)10-6-4-5-9(7-10)16(17,18)19/h4-7H,3H2,1-2H3,(H2,20,24)(H,21,27). The molecule has 2 rings (SSSR count). The first-order valence-corrected chi connectivity index (χ1v) is 8.04. The first-order valence-electron chi connectivity index (χ1n) is 7.63. The van der Waals surface area contributed by atoms with Crippen LogP contribution in [0.5, 0.6) is 0 Å². The van der Waals surface area contributed by atoms with Crippen LogP contribution in [-0.4, -0.2) is 20.0 Å². The number of carbonyl (C=O) groups excluding carboxylic acids is 1. The third kappa shape index (κ3) is 3.92. The fourth-order valence-electron chi connectivity index (χ4n) is 2.48. The summed E-state index contributed by atoms with van der Waals surface area (Å²) in [6.07, 6.45) is -4.61. The summed E-state index contributed by atoms with van der Waals surface area (Å²) >= 11 is 4.75. The maximum Gasteiger partial charge on any atom is 0.416 e. The van der Waals surface area contributed by atoms with Crippen molar-refractivity contribution < 1.29 is 18.0 Å². The van der Waals surface area contributed by atoms with Crippen LogP contribution in [0.2, 0.25) is 0 Å². The molecule has 1 heterocycles. The quantitative estimate of drug-likeness (QED) is 0.762. The highest BCUT2D eigenvalue weighted by Crippen LogP contribution is 2.30. The lowest BCUT2D eigenvalue weighted by Gasteiger charge is -2.18. The van der Waals surface area contributed by atoms with Crippen LogP contribution in [0.1, 0.15) is 18.2 Å². The monoisotopic (exact) mass is 400 g/mol. The van der Waals surface area contributed by atoms with E-state index in [1.807, 2.05) is 0 Å². The van der Waals surface area contributed by atoms with Crippen molar-refractivity contribution in [3.63, 3.8) is 0 Å². The zero-order valence-corrected chi connectivity index (χ0v) is 15.1. The Hall–Kier alpha value is -2.95. The predicted octanol–water partition coefficient (Wildman–Crippen LogP) is 1.57. The molecule has 2 aromatic rings. The van der Waals surface area contributed by atoms with Gasteiger partial charge >= 0.3 is 11.9 Å². The van der Waals surface area contributed by atoms with E-state index in [0.717, 1.165) is 27.3 Å². The number of rotatable bonds is 3. The number of hydrogen-bond acceptors (Lipinski definition) is 4. The summed E-state index contributed by atoms with van der Waals surface area (Å²) in [5.41, 5.74) is 2.17. The van der Waals surface area contributed by atoms with Gasteiger partial charge in [0.05, 0.1) is 16.9 Å². The second kappa shape index (κ2) is 7.35. The fraction of sp³-hybridized carbons (Fsp3) is 0.250. The summed E-state index contributed by atoms with van der Waals surface area (Å²) in [5.74, 6) is -0.997. The van der Waals surface area contributed by atoms with Crippen molar-refractivity contribution in [3.05, 3.63) is 56.4 Å². The van der Waals surface area contributed by atoms with E-state index in [9.17, 15) is 27.6 Å². The lowest BCUT2D eigenvalue weighted by molar-refractivity contribution is -0.137. The molecule has 144 valence electrons. The molecule has 0 aliphatic carbocycles. The number of nitrogens with one attached hydrogen (secondary N) is 1. The van der Waals surface area contributed by atoms with Gasteiger partial charge in [-0.3, -0.25) is 18.7 Å². The van der Waals surface area contributed by atoms with Gasteiger partial charge in [-0.05, 0) is 32.0 Å². The highest BCUT2D eigenvalue weighted by Gasteiger charge is 2.31. The molecule has 1 amide bonds. The summed E-state index contributed by atoms with van der Waals surface area (Å²) in [7, 11) is 0. The molecule has 0 spiro atoms. The van der Waals surface area contributed by atoms with Gasteiger partial charge in [0.2, 0.25) is 0 Å². The molecule has 7 nitrogen and oxygen atoms in total. The summed E-state index contributed by atoms with van der Waals surface area (Å²) in [5, 5.41) is 2.38. The number of halogens is 3. The van der Waals surface area contributed by atoms with Gasteiger partial charge in [-0.25, -0.2) is 4.79 Å². The molecule has 0 aliphatic heterocycles. The molecule has 1 aromatic carbocycles. The van der Waals surface area contributed by atoms with E-state index >= 15 is 0 Å². The Morgan fingerprint density at radius 3 is 2.44 bits per heavy atom. The molecule has 0 saturated heterocycles. The number of thiocarbonyl (C=S) groups is 1. The molecule has 3 N–H and O–H groups in total. The molecule has 0 aliphatic rings. The van der Waals surface area contributed by atoms with Gasteiger partial charge in [-0.2, -0.15) is 13.2 Å². The van der Waals surface area contributed by atoms with Crippen molar-refractivity contribution in [1.82, 2.24) is 9.13 Å². The second-order valence-corrected chi connectivity index (χ2v) is 5.90. The maximum absolute atomic E-state index is 13.0. The fourth-order valence-corrected chi connectivity index (χ4v) is 2.58. The van der Waals surface area contributed by atoms with E-state index in [1.165, 1.54) is 19.9 Å². The number of nitrogens with two attached hydrogens (primary N) is 1. The van der Waals surface area contributed by atoms with E-state index < -0.39 is 33.9 Å². The molecule has 0 radical (unpaired) electrons. The third-order valence-corrected chi connectivity index (χ3v) is 4.09. The van der Waals surface area contributed by atoms with Crippen LogP contribution in [0.4, 0.5) is 18.9 Å². The van der Waals surface area contributed by atoms with Crippen LogP contribution in [0, 0.1) is 6.92 Å². The minimum Gasteiger partial charge on any atom is -0.364 e. The van der Waals surface area contributed by atoms with Crippen molar-refractivity contribution in [2.45, 2.75) is 26.6 Å². The van der Waals surface area contributed by atoms with Crippen LogP contribution in [0.25, 0.3) is 5.69 Å². The number of aromatic nitrogens is 2. The Morgan fingerprint density at radius 1 is 1.30 bits per heavy atom. The van der Waals surface area contributed by atoms with Crippen molar-refractivity contribution in [3.8, 4) is 5.69 Å². The molecular formula is C16H15F3N4O3S. The predicted molar refractivity (Wildman–Crippen MR) is 97.1 cm³/mol. The SMILES string of the molecule is CCn1c(=O)c(NC(=S)C(N)=O)c(C)n(-c2cccc(C(F)(F)F)c2)c1=O. The third-order valence-electron chi connectivity index (χ3n) is 3.79. The van der Waals surface area contributed by atoms with Crippen molar-refractivity contribution >= 4 is 28.8 Å². The van der Waals surface area contributed by atoms with Gasteiger partial charge < -0.3 is 11.1 Å². The first-order chi connectivity index (χ1) is 12.5. The summed E-state index contributed by atoms with van der Waals surface area (Å²) in [6, 6.07) is 4.09. The topological polar surface area (TPSA) is 99.1 Å². The number of nitrogens with zero attached hydrogens (tertiary/aromatic N) is 2. The highest BCUT2D eigenvalue weighted by molar-refractivity contribution is 7.82. The van der Waals surface area contributed by atoms with E-state index in [4.69, 9.17) is 18.0 Å². The van der Waals surface area contributed by atoms with Gasteiger partial charge in [0.25, 0.3) is 11.5 Å². The zero-order chi connectivity index (χ0) is 20.5. The lowest BCUT2D eigenvalue weighted by atomic mass is 10.2. The Balaban J connectivity index is 2.81. The molecule has 1 aromatic heterocycles. The Labute approximate surface area is 156 Å². The Bertz CT molecular complexity index is 1040. The van der Waals surface area contributed by atoms with Crippen LogP contribution < -0.4 is 22.3 Å². The van der Waals surface area contributed by atoms with Gasteiger partial charge in [0.15, 0.2) is 4.99 Å². The smallest absolute Gasteiger partial charge is 0.364 e. The Morgan fingerprint density at radius 2 is 1.93 bits per heavy atom. The zero-order valence-electron chi connectivity index (χ0n) is 14.3. The van der Waals surface area contributed by atoms with E-state index in [2.05, 4.69) is 5.32 Å². The van der Waals surface area contributed by atoms with Crippen LogP contribution in [-0.2, 0) is 17.5 Å². The van der Waals surface area contributed by atoms with Gasteiger partial charge in [0.1, 0.15) is 5.69 Å². The van der Waals surface area contributed by atoms with Gasteiger partial charge in [-0.15, -0.1) is 0 Å². The molecule has 27 heavy (non-hydrogen) atoms. The summed E-state index contributed by atoms with van der Waals surface area (Å²) in [6.45, 7) is 2.81. The number of amides is 1. The van der Waals surface area contributed by atoms with Crippen molar-refractivity contribution in [2.75, 3.05) is 5.32 Å². The second-order valence-electron chi connectivity index (χ2n) is 5.49. The number of primary amides is 1. The van der Waals surface area contributed by atoms with Crippen LogP contribution in [0.15, 0.2) is 33.9 Å². The van der Waals surface area contributed by atoms with Crippen molar-refractivity contribution in [2.24, 2.45) is 5.73 Å². The van der Waals surface area contributed by atoms with Gasteiger partial charge in [0, 0.05) is 6.54 Å². The molecule has 0 bridgehead atoms. The van der Waals surface area contributed by atoms with Crippen molar-refractivity contribution in [1.29, 1.82) is 0 Å². The minimum atomic E-state index is -4.61. The average Bonchev–Trinajstić information content (AvgIpc) is 2.58. The Kier molecular flexibility index (Phi) is 5.54. The van der Waals surface area contributed by atoms with E-state index in [-0.39, 0.29) is 23.6 Å². The molecule has 0 saturated carbocycles. The van der Waals surface area contributed by atoms with Crippen LogP contribution in [0.3, 0.4) is 0 Å². The molecule has 0 unspecified atom stereocenters. The number of hydrogen-bond donors (Lipinski definition) is 2. The first kappa shape index (κ1) is 20.4. The molecular weight excluding hydrogens is 385 g/mol. The molecule has 11 heteroatoms.